The molecule has 1 saturated heterocycles. The van der Waals surface area contributed by atoms with E-state index in [9.17, 15) is 22.8 Å². The number of amides is 2. The van der Waals surface area contributed by atoms with Crippen molar-refractivity contribution in [3.05, 3.63) is 17.3 Å². The van der Waals surface area contributed by atoms with E-state index in [0.717, 1.165) is 10.6 Å². The van der Waals surface area contributed by atoms with E-state index in [4.69, 9.17) is 4.42 Å². The molecule has 0 atom stereocenters. The van der Waals surface area contributed by atoms with Gasteiger partial charge in [-0.3, -0.25) is 9.59 Å². The van der Waals surface area contributed by atoms with E-state index in [0.29, 0.717) is 24.6 Å². The average Bonchev–Trinajstić information content (AvgIpc) is 2.83. The Morgan fingerprint density at radius 3 is 2.42 bits per heavy atom. The first-order chi connectivity index (χ1) is 11.2. The highest BCUT2D eigenvalue weighted by molar-refractivity contribution is 5.83. The lowest BCUT2D eigenvalue weighted by molar-refractivity contribution is -0.186. The lowest BCUT2D eigenvalue weighted by Gasteiger charge is -2.31. The van der Waals surface area contributed by atoms with Gasteiger partial charge in [0, 0.05) is 38.9 Å². The molecule has 0 aromatic carbocycles. The Balaban J connectivity index is 1.75. The summed E-state index contributed by atoms with van der Waals surface area (Å²) in [7, 11) is 0. The summed E-state index contributed by atoms with van der Waals surface area (Å²) < 4.78 is 42.5. The molecule has 1 aliphatic heterocycles. The Bertz CT molecular complexity index is 605. The van der Waals surface area contributed by atoms with Crippen molar-refractivity contribution in [3.8, 4) is 0 Å². The highest BCUT2D eigenvalue weighted by Gasteiger charge is 2.43. The smallest absolute Gasteiger partial charge is 0.446 e. The molecule has 2 heterocycles. The van der Waals surface area contributed by atoms with Crippen LogP contribution >= 0.6 is 0 Å². The maximum Gasteiger partial charge on any atom is 0.471 e. The highest BCUT2D eigenvalue weighted by atomic mass is 19.4. The number of halogens is 3. The van der Waals surface area contributed by atoms with E-state index >= 15 is 0 Å². The molecule has 0 radical (unpaired) electrons. The van der Waals surface area contributed by atoms with E-state index in [1.807, 2.05) is 6.92 Å². The number of aryl methyl sites for hydroxylation is 2. The molecule has 0 bridgehead atoms. The third-order valence-electron chi connectivity index (χ3n) is 4.05. The molecule has 1 aromatic rings. The van der Waals surface area contributed by atoms with Crippen molar-refractivity contribution in [1.82, 2.24) is 15.2 Å². The largest absolute Gasteiger partial charge is 0.471 e. The SMILES string of the molecule is Cc1nc(C)c(CCNC(=O)C2CCN(C(=O)C(F)(F)F)CC2)o1. The first-order valence-electron chi connectivity index (χ1n) is 7.75. The number of aromatic nitrogens is 1. The number of alkyl halides is 3. The van der Waals surface area contributed by atoms with Crippen LogP contribution in [0.4, 0.5) is 13.2 Å². The number of likely N-dealkylation sites (tertiary alicyclic amines) is 1. The molecular formula is C15H20F3N3O3. The Labute approximate surface area is 137 Å². The summed E-state index contributed by atoms with van der Waals surface area (Å²) in [6.45, 7) is 3.82. The maximum atomic E-state index is 12.4. The fourth-order valence-corrected chi connectivity index (χ4v) is 2.77. The third-order valence-corrected chi connectivity index (χ3v) is 4.05. The quantitative estimate of drug-likeness (QED) is 0.900. The number of hydrogen-bond donors (Lipinski definition) is 1. The molecule has 0 spiro atoms. The zero-order valence-corrected chi connectivity index (χ0v) is 13.6. The van der Waals surface area contributed by atoms with Crippen LogP contribution in [0.3, 0.4) is 0 Å². The van der Waals surface area contributed by atoms with Crippen molar-refractivity contribution in [1.29, 1.82) is 0 Å². The fraction of sp³-hybridized carbons (Fsp3) is 0.667. The molecule has 0 unspecified atom stereocenters. The van der Waals surface area contributed by atoms with E-state index in [-0.39, 0.29) is 37.8 Å². The summed E-state index contributed by atoms with van der Waals surface area (Å²) in [5, 5.41) is 2.76. The van der Waals surface area contributed by atoms with Gasteiger partial charge in [-0.05, 0) is 19.8 Å². The van der Waals surface area contributed by atoms with Crippen LogP contribution in [0.2, 0.25) is 0 Å². The Morgan fingerprint density at radius 2 is 1.92 bits per heavy atom. The van der Waals surface area contributed by atoms with Crippen molar-refractivity contribution >= 4 is 11.8 Å². The lowest BCUT2D eigenvalue weighted by atomic mass is 9.96. The number of oxazole rings is 1. The monoisotopic (exact) mass is 347 g/mol. The van der Waals surface area contributed by atoms with E-state index in [1.54, 1.807) is 6.92 Å². The minimum absolute atomic E-state index is 0.0587. The normalized spacial score (nSPS) is 16.3. The second-order valence-corrected chi connectivity index (χ2v) is 5.85. The van der Waals surface area contributed by atoms with Crippen LogP contribution in [0.1, 0.15) is 30.2 Å². The average molecular weight is 347 g/mol. The number of hydrogen-bond acceptors (Lipinski definition) is 4. The molecule has 24 heavy (non-hydrogen) atoms. The summed E-state index contributed by atoms with van der Waals surface area (Å²) in [6, 6.07) is 0. The molecule has 2 rings (SSSR count). The number of carbonyl (C=O) groups is 2. The zero-order chi connectivity index (χ0) is 17.9. The summed E-state index contributed by atoms with van der Waals surface area (Å²) >= 11 is 0. The molecule has 1 aliphatic rings. The molecule has 134 valence electrons. The molecule has 1 fully saturated rings. The van der Waals surface area contributed by atoms with Gasteiger partial charge >= 0.3 is 12.1 Å². The van der Waals surface area contributed by atoms with Gasteiger partial charge in [-0.25, -0.2) is 4.98 Å². The number of piperidine rings is 1. The maximum absolute atomic E-state index is 12.4. The van der Waals surface area contributed by atoms with Crippen LogP contribution in [0.15, 0.2) is 4.42 Å². The summed E-state index contributed by atoms with van der Waals surface area (Å²) in [6.07, 6.45) is -3.89. The molecule has 6 nitrogen and oxygen atoms in total. The minimum Gasteiger partial charge on any atom is -0.446 e. The molecule has 1 N–H and O–H groups in total. The van der Waals surface area contributed by atoms with Crippen molar-refractivity contribution in [2.24, 2.45) is 5.92 Å². The molecule has 2 amide bonds. The number of rotatable bonds is 4. The summed E-state index contributed by atoms with van der Waals surface area (Å²) in [5.74, 6) is -1.14. The van der Waals surface area contributed by atoms with Gasteiger partial charge in [-0.2, -0.15) is 13.2 Å². The van der Waals surface area contributed by atoms with Gasteiger partial charge in [-0.1, -0.05) is 0 Å². The van der Waals surface area contributed by atoms with E-state index in [2.05, 4.69) is 10.3 Å². The van der Waals surface area contributed by atoms with Crippen molar-refractivity contribution in [3.63, 3.8) is 0 Å². The minimum atomic E-state index is -4.86. The van der Waals surface area contributed by atoms with Crippen LogP contribution in [-0.2, 0) is 16.0 Å². The predicted molar refractivity (Wildman–Crippen MR) is 78.0 cm³/mol. The summed E-state index contributed by atoms with van der Waals surface area (Å²) in [5.41, 5.74) is 0.778. The molecule has 0 aliphatic carbocycles. The summed E-state index contributed by atoms with van der Waals surface area (Å²) in [4.78, 5) is 28.1. The highest BCUT2D eigenvalue weighted by Crippen LogP contribution is 2.24. The van der Waals surface area contributed by atoms with Crippen molar-refractivity contribution in [2.75, 3.05) is 19.6 Å². The van der Waals surface area contributed by atoms with Gasteiger partial charge in [0.2, 0.25) is 5.91 Å². The van der Waals surface area contributed by atoms with Crippen LogP contribution in [0.25, 0.3) is 0 Å². The predicted octanol–water partition coefficient (Wildman–Crippen LogP) is 1.75. The second kappa shape index (κ2) is 7.23. The molecular weight excluding hydrogens is 327 g/mol. The number of nitrogens with zero attached hydrogens (tertiary/aromatic N) is 2. The Morgan fingerprint density at radius 1 is 1.29 bits per heavy atom. The van der Waals surface area contributed by atoms with Crippen LogP contribution in [0, 0.1) is 19.8 Å². The topological polar surface area (TPSA) is 75.4 Å². The van der Waals surface area contributed by atoms with E-state index in [1.165, 1.54) is 0 Å². The second-order valence-electron chi connectivity index (χ2n) is 5.85. The van der Waals surface area contributed by atoms with Gasteiger partial charge in [0.05, 0.1) is 5.69 Å². The van der Waals surface area contributed by atoms with Gasteiger partial charge in [0.1, 0.15) is 5.76 Å². The van der Waals surface area contributed by atoms with Crippen molar-refractivity contribution in [2.45, 2.75) is 39.3 Å². The third kappa shape index (κ3) is 4.48. The Kier molecular flexibility index (Phi) is 5.51. The van der Waals surface area contributed by atoms with Crippen LogP contribution in [-0.4, -0.2) is 47.5 Å². The molecule has 0 saturated carbocycles. The van der Waals surface area contributed by atoms with E-state index < -0.39 is 12.1 Å². The zero-order valence-electron chi connectivity index (χ0n) is 13.6. The van der Waals surface area contributed by atoms with Crippen LogP contribution in [0.5, 0.6) is 0 Å². The van der Waals surface area contributed by atoms with Gasteiger partial charge < -0.3 is 14.6 Å². The first kappa shape index (κ1) is 18.3. The fourth-order valence-electron chi connectivity index (χ4n) is 2.77. The molecule has 1 aromatic heterocycles. The van der Waals surface area contributed by atoms with Gasteiger partial charge in [0.15, 0.2) is 5.89 Å². The van der Waals surface area contributed by atoms with Crippen LogP contribution < -0.4 is 5.32 Å². The van der Waals surface area contributed by atoms with Gasteiger partial charge in [0.25, 0.3) is 0 Å². The first-order valence-corrected chi connectivity index (χ1v) is 7.75. The number of carbonyl (C=O) groups excluding carboxylic acids is 2. The standard InChI is InChI=1S/C15H20F3N3O3/c1-9-12(24-10(2)20-9)3-6-19-13(22)11-4-7-21(8-5-11)14(23)15(16,17)18/h11H,3-8H2,1-2H3,(H,19,22). The Hall–Kier alpha value is -2.06. The lowest BCUT2D eigenvalue weighted by Crippen LogP contribution is -2.47. The van der Waals surface area contributed by atoms with Crippen molar-refractivity contribution < 1.29 is 27.2 Å². The number of nitrogens with one attached hydrogen (secondary N) is 1. The molecule has 9 heteroatoms. The van der Waals surface area contributed by atoms with Gasteiger partial charge in [-0.15, -0.1) is 0 Å².